The van der Waals surface area contributed by atoms with Gasteiger partial charge in [-0.2, -0.15) is 0 Å². The summed E-state index contributed by atoms with van der Waals surface area (Å²) in [5.41, 5.74) is 2.74. The minimum absolute atomic E-state index is 0.682. The quantitative estimate of drug-likeness (QED) is 0.363. The van der Waals surface area contributed by atoms with Crippen LogP contribution in [0.3, 0.4) is 0 Å². The first-order valence-electron chi connectivity index (χ1n) is 9.63. The summed E-state index contributed by atoms with van der Waals surface area (Å²) in [6, 6.07) is 16.5. The minimum atomic E-state index is 0.682. The van der Waals surface area contributed by atoms with Crippen LogP contribution >= 0.6 is 23.2 Å². The zero-order valence-electron chi connectivity index (χ0n) is 15.5. The summed E-state index contributed by atoms with van der Waals surface area (Å²) >= 11 is 12.0. The molecule has 0 aliphatic carbocycles. The van der Waals surface area contributed by atoms with Gasteiger partial charge in [0.2, 0.25) is 0 Å². The molecule has 0 aliphatic heterocycles. The van der Waals surface area contributed by atoms with Gasteiger partial charge in [-0.1, -0.05) is 47.5 Å². The Morgan fingerprint density at radius 3 is 2.07 bits per heavy atom. The summed E-state index contributed by atoms with van der Waals surface area (Å²) in [6.07, 6.45) is 12.8. The highest BCUT2D eigenvalue weighted by Crippen LogP contribution is 2.23. The Bertz CT molecular complexity index is 780. The van der Waals surface area contributed by atoms with E-state index in [2.05, 4.69) is 33.8 Å². The molecule has 0 saturated heterocycles. The van der Waals surface area contributed by atoms with Crippen molar-refractivity contribution in [3.8, 4) is 0 Å². The molecule has 0 saturated carbocycles. The van der Waals surface area contributed by atoms with Gasteiger partial charge in [0, 0.05) is 29.0 Å². The van der Waals surface area contributed by atoms with Crippen molar-refractivity contribution in [2.24, 2.45) is 5.92 Å². The van der Waals surface area contributed by atoms with Crippen LogP contribution in [-0.4, -0.2) is 9.55 Å². The van der Waals surface area contributed by atoms with Crippen LogP contribution in [0.1, 0.15) is 36.8 Å². The number of nitrogens with zero attached hydrogens (tertiary/aromatic N) is 2. The average Bonchev–Trinajstić information content (AvgIpc) is 3.18. The second-order valence-electron chi connectivity index (χ2n) is 7.16. The zero-order chi connectivity index (χ0) is 18.9. The van der Waals surface area contributed by atoms with E-state index in [-0.39, 0.29) is 0 Å². The second kappa shape index (κ2) is 10.5. The molecule has 4 heteroatoms. The van der Waals surface area contributed by atoms with E-state index in [1.165, 1.54) is 36.8 Å². The van der Waals surface area contributed by atoms with Crippen molar-refractivity contribution in [1.29, 1.82) is 0 Å². The molecule has 1 unspecified atom stereocenters. The van der Waals surface area contributed by atoms with Crippen LogP contribution in [0, 0.1) is 5.92 Å². The van der Waals surface area contributed by atoms with Crippen LogP contribution in [0.25, 0.3) is 0 Å². The predicted molar refractivity (Wildman–Crippen MR) is 114 cm³/mol. The SMILES string of the molecule is Clc1ccc(CCCC(CCCn2ccnc2)Cc2ccc(Cl)cc2)cc1. The molecule has 1 heterocycles. The Balaban J connectivity index is 1.52. The van der Waals surface area contributed by atoms with E-state index in [0.717, 1.165) is 29.4 Å². The van der Waals surface area contributed by atoms with Crippen molar-refractivity contribution in [2.45, 2.75) is 45.1 Å². The number of aryl methyl sites for hydroxylation is 2. The number of aromatic nitrogens is 2. The molecule has 0 aliphatic rings. The van der Waals surface area contributed by atoms with E-state index in [9.17, 15) is 0 Å². The van der Waals surface area contributed by atoms with Crippen molar-refractivity contribution >= 4 is 23.2 Å². The average molecular weight is 401 g/mol. The fourth-order valence-corrected chi connectivity index (χ4v) is 3.78. The Labute approximate surface area is 172 Å². The van der Waals surface area contributed by atoms with Crippen molar-refractivity contribution in [3.63, 3.8) is 0 Å². The lowest BCUT2D eigenvalue weighted by molar-refractivity contribution is 0.407. The maximum Gasteiger partial charge on any atom is 0.0945 e. The summed E-state index contributed by atoms with van der Waals surface area (Å²) in [5, 5.41) is 1.61. The standard InChI is InChI=1S/C23H26Cl2N2/c24-22-10-6-19(7-11-22)3-1-4-20(5-2-15-27-16-14-26-18-27)17-21-8-12-23(25)13-9-21/h6-14,16,18,20H,1-5,15,17H2. The van der Waals surface area contributed by atoms with Crippen molar-refractivity contribution in [3.05, 3.63) is 88.4 Å². The Hall–Kier alpha value is -1.77. The monoisotopic (exact) mass is 400 g/mol. The third-order valence-corrected chi connectivity index (χ3v) is 5.52. The largest absolute Gasteiger partial charge is 0.337 e. The molecule has 3 aromatic rings. The van der Waals surface area contributed by atoms with Crippen LogP contribution in [0.2, 0.25) is 10.0 Å². The Morgan fingerprint density at radius 1 is 0.815 bits per heavy atom. The summed E-state index contributed by atoms with van der Waals surface area (Å²) in [5.74, 6) is 0.682. The number of benzene rings is 2. The molecule has 0 N–H and O–H groups in total. The minimum Gasteiger partial charge on any atom is -0.337 e. The van der Waals surface area contributed by atoms with E-state index in [4.69, 9.17) is 23.2 Å². The maximum atomic E-state index is 6.03. The lowest BCUT2D eigenvalue weighted by Crippen LogP contribution is -2.08. The van der Waals surface area contributed by atoms with E-state index in [1.54, 1.807) is 0 Å². The predicted octanol–water partition coefficient (Wildman–Crippen LogP) is 6.85. The molecule has 0 amide bonds. The second-order valence-corrected chi connectivity index (χ2v) is 8.03. The van der Waals surface area contributed by atoms with Gasteiger partial charge in [0.1, 0.15) is 0 Å². The molecule has 2 nitrogen and oxygen atoms in total. The number of rotatable bonds is 10. The number of hydrogen-bond donors (Lipinski definition) is 0. The number of hydrogen-bond acceptors (Lipinski definition) is 1. The number of imidazole rings is 1. The summed E-state index contributed by atoms with van der Waals surface area (Å²) < 4.78 is 2.16. The first-order chi connectivity index (χ1) is 13.2. The molecule has 0 bridgehead atoms. The van der Waals surface area contributed by atoms with Crippen LogP contribution in [-0.2, 0) is 19.4 Å². The molecule has 142 valence electrons. The molecule has 3 rings (SSSR count). The van der Waals surface area contributed by atoms with Gasteiger partial charge in [-0.15, -0.1) is 0 Å². The van der Waals surface area contributed by atoms with Crippen LogP contribution in [0.15, 0.2) is 67.3 Å². The van der Waals surface area contributed by atoms with Crippen LogP contribution in [0.4, 0.5) is 0 Å². The molecule has 1 aromatic heterocycles. The summed E-state index contributed by atoms with van der Waals surface area (Å²) in [4.78, 5) is 4.13. The lowest BCUT2D eigenvalue weighted by atomic mass is 9.89. The normalized spacial score (nSPS) is 12.2. The van der Waals surface area contributed by atoms with E-state index >= 15 is 0 Å². The topological polar surface area (TPSA) is 17.8 Å². The van der Waals surface area contributed by atoms with Gasteiger partial charge in [0.25, 0.3) is 0 Å². The van der Waals surface area contributed by atoms with Crippen LogP contribution < -0.4 is 0 Å². The van der Waals surface area contributed by atoms with Gasteiger partial charge in [-0.3, -0.25) is 0 Å². The zero-order valence-corrected chi connectivity index (χ0v) is 17.0. The highest BCUT2D eigenvalue weighted by molar-refractivity contribution is 6.30. The molecule has 2 aromatic carbocycles. The van der Waals surface area contributed by atoms with Gasteiger partial charge in [-0.05, 0) is 79.8 Å². The van der Waals surface area contributed by atoms with Gasteiger partial charge >= 0.3 is 0 Å². The molecule has 0 spiro atoms. The molecular formula is C23H26Cl2N2. The number of halogens is 2. The van der Waals surface area contributed by atoms with E-state index in [1.807, 2.05) is 43.0 Å². The Kier molecular flexibility index (Phi) is 7.79. The first-order valence-corrected chi connectivity index (χ1v) is 10.4. The third-order valence-electron chi connectivity index (χ3n) is 5.02. The fourth-order valence-electron chi connectivity index (χ4n) is 3.53. The first kappa shape index (κ1) is 20.0. The highest BCUT2D eigenvalue weighted by Gasteiger charge is 2.10. The summed E-state index contributed by atoms with van der Waals surface area (Å²) in [6.45, 7) is 1.04. The van der Waals surface area contributed by atoms with Gasteiger partial charge < -0.3 is 4.57 Å². The van der Waals surface area contributed by atoms with Gasteiger partial charge in [0.05, 0.1) is 6.33 Å². The third kappa shape index (κ3) is 7.04. The van der Waals surface area contributed by atoms with Crippen molar-refractivity contribution in [2.75, 3.05) is 0 Å². The van der Waals surface area contributed by atoms with Gasteiger partial charge in [-0.25, -0.2) is 4.98 Å². The maximum absolute atomic E-state index is 6.03. The fraction of sp³-hybridized carbons (Fsp3) is 0.348. The molecule has 0 fully saturated rings. The Morgan fingerprint density at radius 2 is 1.44 bits per heavy atom. The molecule has 0 radical (unpaired) electrons. The highest BCUT2D eigenvalue weighted by atomic mass is 35.5. The molecular weight excluding hydrogens is 375 g/mol. The van der Waals surface area contributed by atoms with Crippen LogP contribution in [0.5, 0.6) is 0 Å². The smallest absolute Gasteiger partial charge is 0.0945 e. The van der Waals surface area contributed by atoms with Crippen molar-refractivity contribution < 1.29 is 0 Å². The summed E-state index contributed by atoms with van der Waals surface area (Å²) in [7, 11) is 0. The van der Waals surface area contributed by atoms with E-state index < -0.39 is 0 Å². The molecule has 1 atom stereocenters. The van der Waals surface area contributed by atoms with E-state index in [0.29, 0.717) is 5.92 Å². The van der Waals surface area contributed by atoms with Crippen molar-refractivity contribution in [1.82, 2.24) is 9.55 Å². The van der Waals surface area contributed by atoms with Gasteiger partial charge in [0.15, 0.2) is 0 Å². The molecule has 27 heavy (non-hydrogen) atoms. The lowest BCUT2D eigenvalue weighted by Gasteiger charge is -2.17.